The van der Waals surface area contributed by atoms with E-state index in [2.05, 4.69) is 17.9 Å². The first kappa shape index (κ1) is 15.3. The second-order valence-corrected chi connectivity index (χ2v) is 4.97. The number of rotatable bonds is 5. The quantitative estimate of drug-likeness (QED) is 0.398. The van der Waals surface area contributed by atoms with Crippen LogP contribution < -0.4 is 16.8 Å². The third-order valence-corrected chi connectivity index (χ3v) is 2.83. The van der Waals surface area contributed by atoms with Crippen molar-refractivity contribution in [1.29, 1.82) is 0 Å². The van der Waals surface area contributed by atoms with Crippen molar-refractivity contribution in [2.75, 3.05) is 11.1 Å². The molecule has 0 saturated carbocycles. The van der Waals surface area contributed by atoms with Crippen molar-refractivity contribution < 1.29 is 14.7 Å². The van der Waals surface area contributed by atoms with E-state index in [1.807, 2.05) is 0 Å². The Morgan fingerprint density at radius 2 is 2.11 bits per heavy atom. The highest BCUT2D eigenvalue weighted by Crippen LogP contribution is 2.24. The third kappa shape index (κ3) is 4.15. The van der Waals surface area contributed by atoms with E-state index in [1.165, 1.54) is 0 Å². The summed E-state index contributed by atoms with van der Waals surface area (Å²) in [6, 6.07) is 3.97. The van der Waals surface area contributed by atoms with Crippen LogP contribution >= 0.6 is 12.6 Å². The smallest absolute Gasteiger partial charge is 0.320 e. The van der Waals surface area contributed by atoms with E-state index < -0.39 is 17.3 Å². The summed E-state index contributed by atoms with van der Waals surface area (Å²) in [7, 11) is 0. The van der Waals surface area contributed by atoms with Gasteiger partial charge in [-0.2, -0.15) is 12.6 Å². The molecule has 2 atom stereocenters. The van der Waals surface area contributed by atoms with Crippen molar-refractivity contribution in [3.05, 3.63) is 23.8 Å². The van der Waals surface area contributed by atoms with Gasteiger partial charge >= 0.3 is 5.97 Å². The molecular weight excluding hydrogens is 266 g/mol. The molecule has 1 rings (SSSR count). The molecule has 19 heavy (non-hydrogen) atoms. The topological polar surface area (TPSA) is 118 Å². The fourth-order valence-electron chi connectivity index (χ4n) is 1.46. The number of thiol groups is 1. The maximum Gasteiger partial charge on any atom is 0.320 e. The van der Waals surface area contributed by atoms with Crippen molar-refractivity contribution >= 4 is 35.9 Å². The highest BCUT2D eigenvalue weighted by Gasteiger charge is 2.16. The van der Waals surface area contributed by atoms with Crippen molar-refractivity contribution in [2.45, 2.75) is 24.6 Å². The van der Waals surface area contributed by atoms with Gasteiger partial charge in [0.1, 0.15) is 6.04 Å². The first-order chi connectivity index (χ1) is 8.82. The number of nitrogens with two attached hydrogens (primary N) is 2. The number of carbonyl (C=O) groups is 2. The third-order valence-electron chi connectivity index (χ3n) is 2.59. The zero-order valence-electron chi connectivity index (χ0n) is 10.5. The van der Waals surface area contributed by atoms with Crippen LogP contribution in [0.5, 0.6) is 0 Å². The Kier molecular flexibility index (Phi) is 5.20. The Labute approximate surface area is 116 Å². The molecule has 0 aliphatic carbocycles. The lowest BCUT2D eigenvalue weighted by atomic mass is 10.0. The van der Waals surface area contributed by atoms with Crippen molar-refractivity contribution in [1.82, 2.24) is 0 Å². The Balaban J connectivity index is 2.92. The second-order valence-electron chi connectivity index (χ2n) is 4.19. The molecule has 0 aliphatic heterocycles. The molecule has 1 amide bonds. The summed E-state index contributed by atoms with van der Waals surface area (Å²) in [6.07, 6.45) is 0.0985. The SMILES string of the molecule is CC(S)C(=O)Nc1cccc(CC(N)C(=O)O)c1N. The number of hydrogen-bond donors (Lipinski definition) is 5. The summed E-state index contributed by atoms with van der Waals surface area (Å²) in [5.41, 5.74) is 12.7. The molecule has 6 nitrogen and oxygen atoms in total. The van der Waals surface area contributed by atoms with Crippen LogP contribution in [-0.4, -0.2) is 28.3 Å². The number of nitrogens with one attached hydrogen (secondary N) is 1. The molecule has 0 radical (unpaired) electrons. The van der Waals surface area contributed by atoms with E-state index in [9.17, 15) is 9.59 Å². The van der Waals surface area contributed by atoms with Crippen LogP contribution in [-0.2, 0) is 16.0 Å². The van der Waals surface area contributed by atoms with Crippen LogP contribution in [0.1, 0.15) is 12.5 Å². The maximum atomic E-state index is 11.5. The van der Waals surface area contributed by atoms with Gasteiger partial charge in [0, 0.05) is 6.42 Å². The minimum atomic E-state index is -1.10. The maximum absolute atomic E-state index is 11.5. The number of amides is 1. The zero-order chi connectivity index (χ0) is 14.6. The summed E-state index contributed by atoms with van der Waals surface area (Å²) < 4.78 is 0. The van der Waals surface area contributed by atoms with E-state index in [1.54, 1.807) is 25.1 Å². The number of benzene rings is 1. The molecule has 2 unspecified atom stereocenters. The first-order valence-corrected chi connectivity index (χ1v) is 6.19. The van der Waals surface area contributed by atoms with Gasteiger partial charge in [0.15, 0.2) is 0 Å². The summed E-state index contributed by atoms with van der Waals surface area (Å²) in [4.78, 5) is 22.3. The van der Waals surface area contributed by atoms with Crippen LogP contribution in [0.25, 0.3) is 0 Å². The van der Waals surface area contributed by atoms with Crippen LogP contribution in [0.15, 0.2) is 18.2 Å². The number of hydrogen-bond acceptors (Lipinski definition) is 5. The van der Waals surface area contributed by atoms with Crippen LogP contribution in [0.4, 0.5) is 11.4 Å². The number of carboxylic acids is 1. The molecule has 7 heteroatoms. The number of nitrogen functional groups attached to an aromatic ring is 1. The minimum absolute atomic E-state index is 0.0985. The lowest BCUT2D eigenvalue weighted by Crippen LogP contribution is -2.32. The highest BCUT2D eigenvalue weighted by molar-refractivity contribution is 7.81. The van der Waals surface area contributed by atoms with Crippen molar-refractivity contribution in [3.63, 3.8) is 0 Å². The minimum Gasteiger partial charge on any atom is -0.480 e. The Morgan fingerprint density at radius 1 is 1.47 bits per heavy atom. The fourth-order valence-corrected chi connectivity index (χ4v) is 1.53. The van der Waals surface area contributed by atoms with E-state index in [-0.39, 0.29) is 12.3 Å². The van der Waals surface area contributed by atoms with Gasteiger partial charge in [-0.1, -0.05) is 12.1 Å². The van der Waals surface area contributed by atoms with E-state index in [4.69, 9.17) is 16.6 Å². The Bertz CT molecular complexity index is 491. The van der Waals surface area contributed by atoms with Gasteiger partial charge in [0.05, 0.1) is 16.6 Å². The molecule has 0 bridgehead atoms. The van der Waals surface area contributed by atoms with Crippen molar-refractivity contribution in [2.24, 2.45) is 5.73 Å². The second kappa shape index (κ2) is 6.44. The average molecular weight is 283 g/mol. The normalized spacial score (nSPS) is 13.6. The average Bonchev–Trinajstić information content (AvgIpc) is 2.33. The zero-order valence-corrected chi connectivity index (χ0v) is 11.4. The van der Waals surface area contributed by atoms with Gasteiger partial charge < -0.3 is 21.9 Å². The van der Waals surface area contributed by atoms with Crippen LogP contribution in [0.3, 0.4) is 0 Å². The predicted molar refractivity (Wildman–Crippen MR) is 77.2 cm³/mol. The number of para-hydroxylation sites is 1. The van der Waals surface area contributed by atoms with E-state index in [0.29, 0.717) is 16.9 Å². The van der Waals surface area contributed by atoms with Gasteiger partial charge in [-0.15, -0.1) is 0 Å². The van der Waals surface area contributed by atoms with Gasteiger partial charge in [0.2, 0.25) is 5.91 Å². The fraction of sp³-hybridized carbons (Fsp3) is 0.333. The highest BCUT2D eigenvalue weighted by atomic mass is 32.1. The summed E-state index contributed by atoms with van der Waals surface area (Å²) >= 11 is 4.02. The molecule has 0 aromatic heterocycles. The number of anilines is 2. The molecule has 104 valence electrons. The first-order valence-electron chi connectivity index (χ1n) is 5.67. The predicted octanol–water partition coefficient (Wildman–Crippen LogP) is 0.480. The van der Waals surface area contributed by atoms with Gasteiger partial charge in [0.25, 0.3) is 0 Å². The van der Waals surface area contributed by atoms with E-state index >= 15 is 0 Å². The molecule has 1 aromatic rings. The molecule has 0 fully saturated rings. The summed E-state index contributed by atoms with van der Waals surface area (Å²) in [6.45, 7) is 1.64. The number of aliphatic carboxylic acids is 1. The number of carboxylic acid groups (broad SMARTS) is 1. The molecule has 1 aromatic carbocycles. The Hall–Kier alpha value is -1.73. The van der Waals surface area contributed by atoms with Crippen LogP contribution in [0.2, 0.25) is 0 Å². The van der Waals surface area contributed by atoms with Crippen molar-refractivity contribution in [3.8, 4) is 0 Å². The lowest BCUT2D eigenvalue weighted by Gasteiger charge is -2.14. The molecule has 0 heterocycles. The lowest BCUT2D eigenvalue weighted by molar-refractivity contribution is -0.138. The van der Waals surface area contributed by atoms with Gasteiger partial charge in [-0.25, -0.2) is 0 Å². The molecule has 0 aliphatic rings. The van der Waals surface area contributed by atoms with Gasteiger partial charge in [-0.05, 0) is 18.6 Å². The molecule has 0 spiro atoms. The summed E-state index contributed by atoms with van der Waals surface area (Å²) in [5.74, 6) is -1.38. The monoisotopic (exact) mass is 283 g/mol. The standard InChI is InChI=1S/C12H17N3O3S/c1-6(19)11(16)15-9-4-2-3-7(10(9)14)5-8(13)12(17)18/h2-4,6,8,19H,5,13-14H2,1H3,(H,15,16)(H,17,18). The summed E-state index contributed by atoms with van der Waals surface area (Å²) in [5, 5.41) is 10.9. The number of carbonyl (C=O) groups excluding carboxylic acids is 1. The molecule has 0 saturated heterocycles. The van der Waals surface area contributed by atoms with Crippen LogP contribution in [0, 0.1) is 0 Å². The largest absolute Gasteiger partial charge is 0.480 e. The van der Waals surface area contributed by atoms with E-state index in [0.717, 1.165) is 0 Å². The molecule has 6 N–H and O–H groups in total. The van der Waals surface area contributed by atoms with Gasteiger partial charge in [-0.3, -0.25) is 9.59 Å². The molecular formula is C12H17N3O3S. The Morgan fingerprint density at radius 3 is 2.63 bits per heavy atom.